The van der Waals surface area contributed by atoms with Crippen LogP contribution in [0.1, 0.15) is 38.0 Å². The van der Waals surface area contributed by atoms with Gasteiger partial charge >= 0.3 is 0 Å². The molecule has 1 aliphatic carbocycles. The Hall–Kier alpha value is -1.22. The summed E-state index contributed by atoms with van der Waals surface area (Å²) < 4.78 is 5.71. The molecule has 0 bridgehead atoms. The maximum atomic E-state index is 5.97. The average Bonchev–Trinajstić information content (AvgIpc) is 2.96. The molecule has 0 unspecified atom stereocenters. The molecular formula is C14H17ClN2O. The summed E-state index contributed by atoms with van der Waals surface area (Å²) >= 11 is 5.97. The Morgan fingerprint density at radius 2 is 2.11 bits per heavy atom. The SMILES string of the molecule is Nc1cc2oc(CCC3CCCC3)nc2cc1Cl. The van der Waals surface area contributed by atoms with Crippen molar-refractivity contribution in [3.05, 3.63) is 23.0 Å². The van der Waals surface area contributed by atoms with E-state index in [0.29, 0.717) is 10.7 Å². The number of anilines is 1. The van der Waals surface area contributed by atoms with Gasteiger partial charge in [0.2, 0.25) is 0 Å². The number of nitrogens with zero attached hydrogens (tertiary/aromatic N) is 1. The highest BCUT2D eigenvalue weighted by Crippen LogP contribution is 2.30. The van der Waals surface area contributed by atoms with Crippen LogP contribution in [0, 0.1) is 5.92 Å². The predicted molar refractivity (Wildman–Crippen MR) is 73.7 cm³/mol. The number of halogens is 1. The molecule has 3 rings (SSSR count). The van der Waals surface area contributed by atoms with Gasteiger partial charge in [0.1, 0.15) is 5.52 Å². The molecule has 1 saturated carbocycles. The number of aromatic nitrogens is 1. The van der Waals surface area contributed by atoms with Crippen LogP contribution in [0.4, 0.5) is 5.69 Å². The fraction of sp³-hybridized carbons (Fsp3) is 0.500. The quantitative estimate of drug-likeness (QED) is 0.846. The average molecular weight is 265 g/mol. The number of nitrogen functional groups attached to an aromatic ring is 1. The van der Waals surface area contributed by atoms with Gasteiger partial charge in [0.05, 0.1) is 10.7 Å². The molecule has 3 nitrogen and oxygen atoms in total. The minimum Gasteiger partial charge on any atom is -0.441 e. The third-order valence-electron chi connectivity index (χ3n) is 3.79. The Balaban J connectivity index is 1.76. The topological polar surface area (TPSA) is 52.0 Å². The molecule has 1 aromatic heterocycles. The van der Waals surface area contributed by atoms with E-state index in [-0.39, 0.29) is 0 Å². The molecule has 2 aromatic rings. The fourth-order valence-corrected chi connectivity index (χ4v) is 2.90. The number of rotatable bonds is 3. The molecule has 1 aromatic carbocycles. The summed E-state index contributed by atoms with van der Waals surface area (Å²) in [5.74, 6) is 1.66. The number of hydrogen-bond donors (Lipinski definition) is 1. The van der Waals surface area contributed by atoms with Crippen molar-refractivity contribution in [2.75, 3.05) is 5.73 Å². The first-order valence-corrected chi connectivity index (χ1v) is 6.94. The second-order valence-corrected chi connectivity index (χ2v) is 5.55. The van der Waals surface area contributed by atoms with E-state index in [2.05, 4.69) is 4.98 Å². The molecule has 0 radical (unpaired) electrons. The maximum absolute atomic E-state index is 5.97. The van der Waals surface area contributed by atoms with E-state index in [9.17, 15) is 0 Å². The largest absolute Gasteiger partial charge is 0.441 e. The van der Waals surface area contributed by atoms with E-state index in [4.69, 9.17) is 21.8 Å². The molecule has 0 saturated heterocycles. The first kappa shape index (κ1) is 11.8. The van der Waals surface area contributed by atoms with Crippen LogP contribution in [-0.2, 0) is 6.42 Å². The molecule has 1 heterocycles. The summed E-state index contributed by atoms with van der Waals surface area (Å²) in [5.41, 5.74) is 7.83. The van der Waals surface area contributed by atoms with Crippen molar-refractivity contribution in [3.63, 3.8) is 0 Å². The summed E-state index contributed by atoms with van der Waals surface area (Å²) in [6.07, 6.45) is 7.57. The smallest absolute Gasteiger partial charge is 0.195 e. The number of fused-ring (bicyclic) bond motifs is 1. The lowest BCUT2D eigenvalue weighted by Crippen LogP contribution is -1.96. The summed E-state index contributed by atoms with van der Waals surface area (Å²) in [6.45, 7) is 0. The van der Waals surface area contributed by atoms with E-state index >= 15 is 0 Å². The van der Waals surface area contributed by atoms with Gasteiger partial charge in [0.15, 0.2) is 11.5 Å². The van der Waals surface area contributed by atoms with E-state index < -0.39 is 0 Å². The highest BCUT2D eigenvalue weighted by atomic mass is 35.5. The maximum Gasteiger partial charge on any atom is 0.195 e. The van der Waals surface area contributed by atoms with Crippen molar-refractivity contribution in [2.24, 2.45) is 5.92 Å². The number of hydrogen-bond acceptors (Lipinski definition) is 3. The Bertz CT molecular complexity index is 519. The van der Waals surface area contributed by atoms with Crippen LogP contribution >= 0.6 is 11.6 Å². The van der Waals surface area contributed by atoms with Crippen LogP contribution in [0.3, 0.4) is 0 Å². The van der Waals surface area contributed by atoms with Gasteiger partial charge in [-0.15, -0.1) is 0 Å². The standard InChI is InChI=1S/C14H17ClN2O/c15-10-7-12-13(8-11(10)16)18-14(17-12)6-5-9-3-1-2-4-9/h7-9H,1-6,16H2. The third kappa shape index (κ3) is 2.32. The van der Waals surface area contributed by atoms with Gasteiger partial charge in [-0.3, -0.25) is 0 Å². The van der Waals surface area contributed by atoms with E-state index in [0.717, 1.165) is 29.3 Å². The van der Waals surface area contributed by atoms with E-state index in [1.165, 1.54) is 32.1 Å². The van der Waals surface area contributed by atoms with Crippen molar-refractivity contribution in [1.82, 2.24) is 4.98 Å². The molecule has 1 fully saturated rings. The predicted octanol–water partition coefficient (Wildman–Crippen LogP) is 4.19. The highest BCUT2D eigenvalue weighted by molar-refractivity contribution is 6.33. The van der Waals surface area contributed by atoms with Gasteiger partial charge < -0.3 is 10.2 Å². The lowest BCUT2D eigenvalue weighted by Gasteiger charge is -2.05. The number of oxazole rings is 1. The number of benzene rings is 1. The fourth-order valence-electron chi connectivity index (χ4n) is 2.75. The first-order valence-electron chi connectivity index (χ1n) is 6.57. The molecule has 2 N–H and O–H groups in total. The van der Waals surface area contributed by atoms with Crippen LogP contribution < -0.4 is 5.73 Å². The van der Waals surface area contributed by atoms with Gasteiger partial charge in [-0.1, -0.05) is 37.3 Å². The Labute approximate surface area is 111 Å². The zero-order valence-electron chi connectivity index (χ0n) is 10.3. The van der Waals surface area contributed by atoms with Crippen molar-refractivity contribution >= 4 is 28.4 Å². The second-order valence-electron chi connectivity index (χ2n) is 5.14. The van der Waals surface area contributed by atoms with Crippen molar-refractivity contribution in [3.8, 4) is 0 Å². The molecule has 1 aliphatic rings. The van der Waals surface area contributed by atoms with Gasteiger partial charge in [-0.2, -0.15) is 0 Å². The van der Waals surface area contributed by atoms with E-state index in [1.54, 1.807) is 12.1 Å². The molecule has 0 spiro atoms. The second kappa shape index (κ2) is 4.81. The number of nitrogens with two attached hydrogens (primary N) is 1. The van der Waals surface area contributed by atoms with Crippen molar-refractivity contribution < 1.29 is 4.42 Å². The van der Waals surface area contributed by atoms with E-state index in [1.807, 2.05) is 0 Å². The minimum atomic E-state index is 0.540. The first-order chi connectivity index (χ1) is 8.72. The van der Waals surface area contributed by atoms with Crippen LogP contribution in [0.5, 0.6) is 0 Å². The van der Waals surface area contributed by atoms with Crippen molar-refractivity contribution in [2.45, 2.75) is 38.5 Å². The van der Waals surface area contributed by atoms with Gasteiger partial charge in [-0.25, -0.2) is 4.98 Å². The normalized spacial score (nSPS) is 16.7. The molecule has 18 heavy (non-hydrogen) atoms. The molecule has 0 aliphatic heterocycles. The molecule has 0 atom stereocenters. The molecule has 96 valence electrons. The summed E-state index contributed by atoms with van der Waals surface area (Å²) in [7, 11) is 0. The van der Waals surface area contributed by atoms with Crippen LogP contribution in [0.25, 0.3) is 11.1 Å². The summed E-state index contributed by atoms with van der Waals surface area (Å²) in [4.78, 5) is 4.47. The van der Waals surface area contributed by atoms with Crippen LogP contribution in [0.2, 0.25) is 5.02 Å². The zero-order chi connectivity index (χ0) is 12.5. The summed E-state index contributed by atoms with van der Waals surface area (Å²) in [5, 5.41) is 0.540. The van der Waals surface area contributed by atoms with Gasteiger partial charge in [0.25, 0.3) is 0 Å². The molecule has 0 amide bonds. The Morgan fingerprint density at radius 3 is 2.89 bits per heavy atom. The van der Waals surface area contributed by atoms with Gasteiger partial charge in [0, 0.05) is 12.5 Å². The van der Waals surface area contributed by atoms with Gasteiger partial charge in [-0.05, 0) is 18.4 Å². The van der Waals surface area contributed by atoms with Crippen LogP contribution in [0.15, 0.2) is 16.5 Å². The Kier molecular flexibility index (Phi) is 3.16. The highest BCUT2D eigenvalue weighted by Gasteiger charge is 2.16. The monoisotopic (exact) mass is 264 g/mol. The summed E-state index contributed by atoms with van der Waals surface area (Å²) in [6, 6.07) is 3.53. The third-order valence-corrected chi connectivity index (χ3v) is 4.12. The molecule has 4 heteroatoms. The lowest BCUT2D eigenvalue weighted by atomic mass is 10.0. The van der Waals surface area contributed by atoms with Crippen molar-refractivity contribution in [1.29, 1.82) is 0 Å². The minimum absolute atomic E-state index is 0.540. The Morgan fingerprint density at radius 1 is 1.33 bits per heavy atom. The zero-order valence-corrected chi connectivity index (χ0v) is 11.0. The van der Waals surface area contributed by atoms with Crippen LogP contribution in [-0.4, -0.2) is 4.98 Å². The number of aryl methyl sites for hydroxylation is 1. The molecular weight excluding hydrogens is 248 g/mol. The lowest BCUT2D eigenvalue weighted by molar-refractivity contribution is 0.451.